The van der Waals surface area contributed by atoms with Crippen molar-refractivity contribution >= 4 is 40.5 Å². The zero-order valence-electron chi connectivity index (χ0n) is 12.8. The number of benzene rings is 2. The molecule has 0 saturated carbocycles. The first kappa shape index (κ1) is 18.2. The van der Waals surface area contributed by atoms with Crippen molar-refractivity contribution in [1.82, 2.24) is 4.90 Å². The van der Waals surface area contributed by atoms with E-state index in [4.69, 9.17) is 23.2 Å². The Morgan fingerprint density at radius 3 is 2.67 bits per heavy atom. The number of rotatable bonds is 6. The van der Waals surface area contributed by atoms with Crippen molar-refractivity contribution < 1.29 is 9.72 Å². The Balaban J connectivity index is 1.95. The molecule has 0 unspecified atom stereocenters. The normalized spacial score (nSPS) is 10.7. The molecule has 1 N–H and O–H groups in total. The predicted octanol–water partition coefficient (Wildman–Crippen LogP) is 3.97. The van der Waals surface area contributed by atoms with E-state index in [0.717, 1.165) is 5.56 Å². The molecule has 8 heteroatoms. The van der Waals surface area contributed by atoms with E-state index in [9.17, 15) is 14.9 Å². The predicted molar refractivity (Wildman–Crippen MR) is 94.5 cm³/mol. The number of amides is 1. The Bertz CT molecular complexity index is 768. The molecule has 126 valence electrons. The average molecular weight is 368 g/mol. The molecule has 2 aromatic rings. The molecule has 0 atom stereocenters. The first-order valence-corrected chi connectivity index (χ1v) is 7.78. The molecule has 0 aliphatic heterocycles. The van der Waals surface area contributed by atoms with Gasteiger partial charge in [-0.05, 0) is 24.7 Å². The van der Waals surface area contributed by atoms with Gasteiger partial charge in [0.25, 0.3) is 5.69 Å². The van der Waals surface area contributed by atoms with Gasteiger partial charge in [-0.15, -0.1) is 0 Å². The number of hydrogen-bond acceptors (Lipinski definition) is 4. The van der Waals surface area contributed by atoms with Crippen LogP contribution in [0.15, 0.2) is 42.5 Å². The van der Waals surface area contributed by atoms with E-state index in [1.807, 2.05) is 6.07 Å². The fourth-order valence-corrected chi connectivity index (χ4v) is 2.54. The van der Waals surface area contributed by atoms with Crippen LogP contribution in [0.5, 0.6) is 0 Å². The SMILES string of the molecule is CN(CC(=O)Nc1cccc([N+](=O)[O-])c1)Cc1cccc(Cl)c1Cl. The van der Waals surface area contributed by atoms with Crippen molar-refractivity contribution in [1.29, 1.82) is 0 Å². The summed E-state index contributed by atoms with van der Waals surface area (Å²) in [5.41, 5.74) is 1.12. The van der Waals surface area contributed by atoms with E-state index in [1.165, 1.54) is 18.2 Å². The van der Waals surface area contributed by atoms with Crippen molar-refractivity contribution in [2.75, 3.05) is 18.9 Å². The van der Waals surface area contributed by atoms with Gasteiger partial charge in [-0.2, -0.15) is 0 Å². The first-order valence-electron chi connectivity index (χ1n) is 7.02. The van der Waals surface area contributed by atoms with Crippen molar-refractivity contribution in [2.45, 2.75) is 6.54 Å². The highest BCUT2D eigenvalue weighted by Crippen LogP contribution is 2.26. The molecule has 2 rings (SSSR count). The van der Waals surface area contributed by atoms with Gasteiger partial charge >= 0.3 is 0 Å². The number of nitro benzene ring substituents is 1. The highest BCUT2D eigenvalue weighted by Gasteiger charge is 2.12. The fourth-order valence-electron chi connectivity index (χ4n) is 2.16. The summed E-state index contributed by atoms with van der Waals surface area (Å²) >= 11 is 12.1. The van der Waals surface area contributed by atoms with Crippen LogP contribution in [0.25, 0.3) is 0 Å². The van der Waals surface area contributed by atoms with Gasteiger partial charge in [0.1, 0.15) is 0 Å². The van der Waals surface area contributed by atoms with E-state index < -0.39 is 4.92 Å². The van der Waals surface area contributed by atoms with Crippen LogP contribution in [0.4, 0.5) is 11.4 Å². The van der Waals surface area contributed by atoms with Gasteiger partial charge in [0.2, 0.25) is 5.91 Å². The Morgan fingerprint density at radius 2 is 1.96 bits per heavy atom. The van der Waals surface area contributed by atoms with E-state index in [0.29, 0.717) is 22.3 Å². The molecule has 0 fully saturated rings. The van der Waals surface area contributed by atoms with Crippen LogP contribution in [0, 0.1) is 10.1 Å². The van der Waals surface area contributed by atoms with Crippen LogP contribution in [0.1, 0.15) is 5.56 Å². The Kier molecular flexibility index (Phi) is 6.14. The van der Waals surface area contributed by atoms with Crippen molar-refractivity contribution in [3.63, 3.8) is 0 Å². The second kappa shape index (κ2) is 8.10. The van der Waals surface area contributed by atoms with Crippen LogP contribution in [0.2, 0.25) is 10.0 Å². The van der Waals surface area contributed by atoms with E-state index in [1.54, 1.807) is 30.1 Å². The van der Waals surface area contributed by atoms with Gasteiger partial charge in [-0.1, -0.05) is 41.4 Å². The third-order valence-corrected chi connectivity index (χ3v) is 4.08. The van der Waals surface area contributed by atoms with Crippen LogP contribution in [-0.4, -0.2) is 29.3 Å². The second-order valence-corrected chi connectivity index (χ2v) is 6.03. The highest BCUT2D eigenvalue weighted by atomic mass is 35.5. The second-order valence-electron chi connectivity index (χ2n) is 5.24. The Morgan fingerprint density at radius 1 is 1.25 bits per heavy atom. The standard InChI is InChI=1S/C16H15Cl2N3O3/c1-20(9-11-4-2-7-14(17)16(11)18)10-15(22)19-12-5-3-6-13(8-12)21(23)24/h2-8H,9-10H2,1H3,(H,19,22). The van der Waals surface area contributed by atoms with E-state index in [2.05, 4.69) is 5.32 Å². The van der Waals surface area contributed by atoms with Gasteiger partial charge < -0.3 is 5.32 Å². The average Bonchev–Trinajstić information content (AvgIpc) is 2.51. The summed E-state index contributed by atoms with van der Waals surface area (Å²) in [5.74, 6) is -0.281. The summed E-state index contributed by atoms with van der Waals surface area (Å²) in [7, 11) is 1.77. The van der Waals surface area contributed by atoms with Gasteiger partial charge in [-0.3, -0.25) is 19.8 Å². The lowest BCUT2D eigenvalue weighted by Gasteiger charge is -2.17. The number of carbonyl (C=O) groups is 1. The largest absolute Gasteiger partial charge is 0.325 e. The summed E-state index contributed by atoms with van der Waals surface area (Å²) in [4.78, 5) is 24.1. The quantitative estimate of drug-likeness (QED) is 0.618. The zero-order valence-corrected chi connectivity index (χ0v) is 14.3. The number of carbonyl (C=O) groups excluding carboxylic acids is 1. The number of hydrogen-bond donors (Lipinski definition) is 1. The number of likely N-dealkylation sites (N-methyl/N-ethyl adjacent to an activating group) is 1. The summed E-state index contributed by atoms with van der Waals surface area (Å²) in [6.45, 7) is 0.549. The topological polar surface area (TPSA) is 75.5 Å². The number of nitro groups is 1. The lowest BCUT2D eigenvalue weighted by atomic mass is 10.2. The van der Waals surface area contributed by atoms with E-state index in [-0.39, 0.29) is 18.1 Å². The van der Waals surface area contributed by atoms with Crippen molar-refractivity contribution in [3.8, 4) is 0 Å². The smallest absolute Gasteiger partial charge is 0.271 e. The van der Waals surface area contributed by atoms with Crippen LogP contribution < -0.4 is 5.32 Å². The van der Waals surface area contributed by atoms with Crippen LogP contribution >= 0.6 is 23.2 Å². The fraction of sp³-hybridized carbons (Fsp3) is 0.188. The minimum Gasteiger partial charge on any atom is -0.325 e. The molecule has 0 spiro atoms. The molecule has 0 aromatic heterocycles. The molecule has 0 aliphatic rings. The van der Waals surface area contributed by atoms with Crippen LogP contribution in [-0.2, 0) is 11.3 Å². The molecule has 0 aliphatic carbocycles. The molecule has 0 saturated heterocycles. The molecular weight excluding hydrogens is 353 g/mol. The summed E-state index contributed by atoms with van der Waals surface area (Å²) in [5, 5.41) is 14.3. The van der Waals surface area contributed by atoms with Gasteiger partial charge in [-0.25, -0.2) is 0 Å². The van der Waals surface area contributed by atoms with Gasteiger partial charge in [0, 0.05) is 24.4 Å². The maximum Gasteiger partial charge on any atom is 0.271 e. The number of nitrogens with one attached hydrogen (secondary N) is 1. The third kappa shape index (κ3) is 4.92. The van der Waals surface area contributed by atoms with Crippen molar-refractivity contribution in [3.05, 3.63) is 68.2 Å². The molecule has 24 heavy (non-hydrogen) atoms. The molecular formula is C16H15Cl2N3O3. The Hall–Kier alpha value is -2.15. The van der Waals surface area contributed by atoms with Gasteiger partial charge in [0.15, 0.2) is 0 Å². The molecule has 0 radical (unpaired) electrons. The molecule has 2 aromatic carbocycles. The van der Waals surface area contributed by atoms with Crippen LogP contribution in [0.3, 0.4) is 0 Å². The molecule has 1 amide bonds. The maximum atomic E-state index is 12.1. The Labute approximate surface area is 149 Å². The number of anilines is 1. The number of halogens is 2. The van der Waals surface area contributed by atoms with Gasteiger partial charge in [0.05, 0.1) is 21.5 Å². The minimum atomic E-state index is -0.511. The summed E-state index contributed by atoms with van der Waals surface area (Å²) in [6.07, 6.45) is 0. The number of nitrogens with zero attached hydrogens (tertiary/aromatic N) is 2. The minimum absolute atomic E-state index is 0.0770. The highest BCUT2D eigenvalue weighted by molar-refractivity contribution is 6.42. The number of non-ortho nitro benzene ring substituents is 1. The molecule has 0 heterocycles. The third-order valence-electron chi connectivity index (χ3n) is 3.23. The monoisotopic (exact) mass is 367 g/mol. The zero-order chi connectivity index (χ0) is 17.7. The van der Waals surface area contributed by atoms with Crippen molar-refractivity contribution in [2.24, 2.45) is 0 Å². The maximum absolute atomic E-state index is 12.1. The van der Waals surface area contributed by atoms with E-state index >= 15 is 0 Å². The summed E-state index contributed by atoms with van der Waals surface area (Å²) < 4.78 is 0. The lowest BCUT2D eigenvalue weighted by molar-refractivity contribution is -0.384. The lowest BCUT2D eigenvalue weighted by Crippen LogP contribution is -2.29. The summed E-state index contributed by atoms with van der Waals surface area (Å²) in [6, 6.07) is 11.1. The molecule has 0 bridgehead atoms. The first-order chi connectivity index (χ1) is 11.4. The molecule has 6 nitrogen and oxygen atoms in total.